The number of nitrogens with one attached hydrogen (secondary N) is 1. The SMILES string of the molecule is CN1CCCCC1CNC(=O)C(N)CC(N)=O. The van der Waals surface area contributed by atoms with E-state index < -0.39 is 11.9 Å². The lowest BCUT2D eigenvalue weighted by Crippen LogP contribution is -2.49. The van der Waals surface area contributed by atoms with Gasteiger partial charge in [-0.05, 0) is 26.4 Å². The first-order valence-electron chi connectivity index (χ1n) is 6.02. The summed E-state index contributed by atoms with van der Waals surface area (Å²) in [5.74, 6) is -0.856. The van der Waals surface area contributed by atoms with E-state index in [-0.39, 0.29) is 12.3 Å². The van der Waals surface area contributed by atoms with Crippen molar-refractivity contribution in [2.24, 2.45) is 11.5 Å². The molecule has 0 bridgehead atoms. The number of nitrogens with zero attached hydrogens (tertiary/aromatic N) is 1. The molecule has 0 aliphatic carbocycles. The lowest BCUT2D eigenvalue weighted by molar-refractivity contribution is -0.126. The third-order valence-electron chi connectivity index (χ3n) is 3.19. The number of carbonyl (C=O) groups is 2. The molecule has 2 amide bonds. The fourth-order valence-electron chi connectivity index (χ4n) is 2.06. The molecule has 6 nitrogen and oxygen atoms in total. The Morgan fingerprint density at radius 2 is 2.18 bits per heavy atom. The van der Waals surface area contributed by atoms with Crippen molar-refractivity contribution >= 4 is 11.8 Å². The van der Waals surface area contributed by atoms with E-state index >= 15 is 0 Å². The van der Waals surface area contributed by atoms with Gasteiger partial charge in [-0.2, -0.15) is 0 Å². The third kappa shape index (κ3) is 4.70. The third-order valence-corrected chi connectivity index (χ3v) is 3.19. The van der Waals surface area contributed by atoms with E-state index in [1.54, 1.807) is 0 Å². The van der Waals surface area contributed by atoms with Crippen LogP contribution in [0, 0.1) is 0 Å². The molecule has 2 atom stereocenters. The Hall–Kier alpha value is -1.14. The van der Waals surface area contributed by atoms with Crippen LogP contribution in [0.3, 0.4) is 0 Å². The van der Waals surface area contributed by atoms with Crippen LogP contribution < -0.4 is 16.8 Å². The lowest BCUT2D eigenvalue weighted by Gasteiger charge is -2.32. The maximum absolute atomic E-state index is 11.6. The summed E-state index contributed by atoms with van der Waals surface area (Å²) < 4.78 is 0. The molecular weight excluding hydrogens is 220 g/mol. The van der Waals surface area contributed by atoms with Crippen molar-refractivity contribution in [2.45, 2.75) is 37.8 Å². The first kappa shape index (κ1) is 13.9. The van der Waals surface area contributed by atoms with Gasteiger partial charge in [0.15, 0.2) is 0 Å². The van der Waals surface area contributed by atoms with E-state index in [0.717, 1.165) is 13.0 Å². The van der Waals surface area contributed by atoms with Crippen molar-refractivity contribution in [3.05, 3.63) is 0 Å². The Balaban J connectivity index is 2.29. The highest BCUT2D eigenvalue weighted by Crippen LogP contribution is 2.13. The molecule has 2 unspecified atom stereocenters. The molecule has 1 heterocycles. The van der Waals surface area contributed by atoms with Gasteiger partial charge < -0.3 is 21.7 Å². The zero-order valence-corrected chi connectivity index (χ0v) is 10.3. The van der Waals surface area contributed by atoms with Crippen LogP contribution in [-0.4, -0.2) is 48.9 Å². The van der Waals surface area contributed by atoms with Crippen molar-refractivity contribution in [3.63, 3.8) is 0 Å². The van der Waals surface area contributed by atoms with Crippen LogP contribution in [0.1, 0.15) is 25.7 Å². The van der Waals surface area contributed by atoms with Crippen molar-refractivity contribution < 1.29 is 9.59 Å². The van der Waals surface area contributed by atoms with Gasteiger partial charge in [-0.15, -0.1) is 0 Å². The summed E-state index contributed by atoms with van der Waals surface area (Å²) in [5, 5.41) is 2.77. The monoisotopic (exact) mass is 242 g/mol. The van der Waals surface area contributed by atoms with Gasteiger partial charge in [0.25, 0.3) is 0 Å². The number of carbonyl (C=O) groups excluding carboxylic acids is 2. The minimum atomic E-state index is -0.832. The summed E-state index contributed by atoms with van der Waals surface area (Å²) >= 11 is 0. The van der Waals surface area contributed by atoms with Crippen LogP contribution in [0.2, 0.25) is 0 Å². The Bertz CT molecular complexity index is 283. The normalized spacial score (nSPS) is 23.1. The Labute approximate surface area is 102 Å². The van der Waals surface area contributed by atoms with Gasteiger partial charge in [0.05, 0.1) is 12.5 Å². The second-order valence-electron chi connectivity index (χ2n) is 4.65. The molecule has 5 N–H and O–H groups in total. The summed E-state index contributed by atoms with van der Waals surface area (Å²) in [5.41, 5.74) is 10.5. The van der Waals surface area contributed by atoms with Gasteiger partial charge >= 0.3 is 0 Å². The molecule has 6 heteroatoms. The number of likely N-dealkylation sites (N-methyl/N-ethyl adjacent to an activating group) is 1. The standard InChI is InChI=1S/C11H22N4O2/c1-15-5-3-2-4-8(15)7-14-11(17)9(12)6-10(13)16/h8-9H,2-7,12H2,1H3,(H2,13,16)(H,14,17). The summed E-state index contributed by atoms with van der Waals surface area (Å²) in [7, 11) is 2.05. The number of rotatable bonds is 5. The van der Waals surface area contributed by atoms with Crippen molar-refractivity contribution in [3.8, 4) is 0 Å². The van der Waals surface area contributed by atoms with Crippen molar-refractivity contribution in [1.82, 2.24) is 10.2 Å². The molecule has 98 valence electrons. The van der Waals surface area contributed by atoms with Crippen LogP contribution in [0.4, 0.5) is 0 Å². The molecule has 1 aliphatic rings. The van der Waals surface area contributed by atoms with E-state index in [2.05, 4.69) is 17.3 Å². The molecule has 1 rings (SSSR count). The number of hydrogen-bond acceptors (Lipinski definition) is 4. The van der Waals surface area contributed by atoms with E-state index in [1.165, 1.54) is 12.8 Å². The molecule has 1 aliphatic heterocycles. The zero-order valence-electron chi connectivity index (χ0n) is 10.3. The Morgan fingerprint density at radius 3 is 2.76 bits per heavy atom. The van der Waals surface area contributed by atoms with Crippen LogP contribution in [0.25, 0.3) is 0 Å². The van der Waals surface area contributed by atoms with E-state index in [4.69, 9.17) is 11.5 Å². The summed E-state index contributed by atoms with van der Waals surface area (Å²) in [6.45, 7) is 1.65. The highest BCUT2D eigenvalue weighted by molar-refractivity contribution is 5.87. The largest absolute Gasteiger partial charge is 0.370 e. The van der Waals surface area contributed by atoms with Gasteiger partial charge in [-0.1, -0.05) is 6.42 Å². The van der Waals surface area contributed by atoms with Crippen LogP contribution in [-0.2, 0) is 9.59 Å². The molecule has 0 radical (unpaired) electrons. The average Bonchev–Trinajstić information content (AvgIpc) is 2.26. The minimum absolute atomic E-state index is 0.105. The quantitative estimate of drug-likeness (QED) is 0.563. The first-order chi connectivity index (χ1) is 8.00. The number of piperidine rings is 1. The highest BCUT2D eigenvalue weighted by Gasteiger charge is 2.21. The maximum atomic E-state index is 11.6. The van der Waals surface area contributed by atoms with E-state index in [1.807, 2.05) is 0 Å². The summed E-state index contributed by atoms with van der Waals surface area (Å²) in [4.78, 5) is 24.4. The van der Waals surface area contributed by atoms with Gasteiger partial charge in [-0.3, -0.25) is 9.59 Å². The van der Waals surface area contributed by atoms with E-state index in [9.17, 15) is 9.59 Å². The molecule has 0 aromatic rings. The number of primary amides is 1. The molecule has 1 saturated heterocycles. The minimum Gasteiger partial charge on any atom is -0.370 e. The number of amides is 2. The molecule has 0 aromatic heterocycles. The zero-order chi connectivity index (χ0) is 12.8. The average molecular weight is 242 g/mol. The fraction of sp³-hybridized carbons (Fsp3) is 0.818. The van der Waals surface area contributed by atoms with Crippen LogP contribution in [0.5, 0.6) is 0 Å². The summed E-state index contributed by atoms with van der Waals surface area (Å²) in [6.07, 6.45) is 3.38. The molecule has 1 fully saturated rings. The molecule has 0 aromatic carbocycles. The second-order valence-corrected chi connectivity index (χ2v) is 4.65. The predicted molar refractivity (Wildman–Crippen MR) is 65.1 cm³/mol. The topological polar surface area (TPSA) is 101 Å². The van der Waals surface area contributed by atoms with Crippen molar-refractivity contribution in [1.29, 1.82) is 0 Å². The van der Waals surface area contributed by atoms with E-state index in [0.29, 0.717) is 12.6 Å². The van der Waals surface area contributed by atoms with Crippen LogP contribution in [0.15, 0.2) is 0 Å². The highest BCUT2D eigenvalue weighted by atomic mass is 16.2. The van der Waals surface area contributed by atoms with Gasteiger partial charge in [0.2, 0.25) is 11.8 Å². The first-order valence-corrected chi connectivity index (χ1v) is 6.02. The van der Waals surface area contributed by atoms with Gasteiger partial charge in [0.1, 0.15) is 0 Å². The fourth-order valence-corrected chi connectivity index (χ4v) is 2.06. The van der Waals surface area contributed by atoms with Gasteiger partial charge in [-0.25, -0.2) is 0 Å². The molecule has 17 heavy (non-hydrogen) atoms. The molecule has 0 spiro atoms. The Morgan fingerprint density at radius 1 is 1.47 bits per heavy atom. The van der Waals surface area contributed by atoms with Crippen LogP contribution >= 0.6 is 0 Å². The predicted octanol–water partition coefficient (Wildman–Crippen LogP) is -1.21. The summed E-state index contributed by atoms with van der Waals surface area (Å²) in [6, 6.07) is -0.463. The number of nitrogens with two attached hydrogens (primary N) is 2. The Kier molecular flexibility index (Phi) is 5.37. The number of hydrogen-bond donors (Lipinski definition) is 3. The smallest absolute Gasteiger partial charge is 0.237 e. The lowest BCUT2D eigenvalue weighted by atomic mass is 10.0. The molecule has 0 saturated carbocycles. The van der Waals surface area contributed by atoms with Gasteiger partial charge in [0, 0.05) is 12.6 Å². The number of likely N-dealkylation sites (tertiary alicyclic amines) is 1. The second kappa shape index (κ2) is 6.56. The molecular formula is C11H22N4O2. The van der Waals surface area contributed by atoms with Crippen molar-refractivity contribution in [2.75, 3.05) is 20.1 Å². The maximum Gasteiger partial charge on any atom is 0.237 e.